The van der Waals surface area contributed by atoms with E-state index in [1.165, 1.54) is 0 Å². The maximum atomic E-state index is 6.21. The van der Waals surface area contributed by atoms with E-state index in [-0.39, 0.29) is 6.17 Å². The van der Waals surface area contributed by atoms with Gasteiger partial charge in [-0.1, -0.05) is 48.5 Å². The molecule has 1 aromatic heterocycles. The highest BCUT2D eigenvalue weighted by molar-refractivity contribution is 5.77. The monoisotopic (exact) mass is 222 g/mol. The van der Waals surface area contributed by atoms with Crippen molar-refractivity contribution in [2.24, 2.45) is 5.73 Å². The van der Waals surface area contributed by atoms with Crippen LogP contribution in [0.5, 0.6) is 0 Å². The van der Waals surface area contributed by atoms with Gasteiger partial charge in [0.2, 0.25) is 0 Å². The van der Waals surface area contributed by atoms with Gasteiger partial charge in [0.15, 0.2) is 0 Å². The van der Waals surface area contributed by atoms with E-state index in [0.717, 1.165) is 16.5 Å². The average molecular weight is 222 g/mol. The Morgan fingerprint density at radius 3 is 2.53 bits per heavy atom. The van der Waals surface area contributed by atoms with E-state index in [1.54, 1.807) is 4.68 Å². The quantitative estimate of drug-likeness (QED) is 0.723. The Bertz CT molecular complexity index is 628. The zero-order valence-corrected chi connectivity index (χ0v) is 9.25. The van der Waals surface area contributed by atoms with E-state index in [0.29, 0.717) is 0 Å². The van der Waals surface area contributed by atoms with Gasteiger partial charge < -0.3 is 5.73 Å². The molecule has 2 N–H and O–H groups in total. The Morgan fingerprint density at radius 1 is 1.00 bits per heavy atom. The molecule has 17 heavy (non-hydrogen) atoms. The number of rotatable bonds is 2. The number of aromatic nitrogens is 2. The Kier molecular flexibility index (Phi) is 2.38. The van der Waals surface area contributed by atoms with Crippen molar-refractivity contribution in [3.05, 3.63) is 66.4 Å². The highest BCUT2D eigenvalue weighted by Crippen LogP contribution is 2.18. The number of fused-ring (bicyclic) bond motifs is 1. The third kappa shape index (κ3) is 1.70. The van der Waals surface area contributed by atoms with Crippen molar-refractivity contribution in [3.63, 3.8) is 0 Å². The highest BCUT2D eigenvalue weighted by atomic mass is 15.3. The van der Waals surface area contributed by atoms with Crippen LogP contribution in [0.2, 0.25) is 0 Å². The molecular formula is C14H12N3. The number of hydrogen-bond donors (Lipinski definition) is 1. The summed E-state index contributed by atoms with van der Waals surface area (Å²) in [6.45, 7) is 0. The van der Waals surface area contributed by atoms with Crippen molar-refractivity contribution in [1.29, 1.82) is 0 Å². The standard InChI is InChI=1S/C14H12N3/c15-14(11-6-2-1-3-7-11)17-13-9-5-4-8-12(13)10-16-17/h1-9,14H,15H2. The maximum Gasteiger partial charge on any atom is 0.125 e. The van der Waals surface area contributed by atoms with Gasteiger partial charge in [0.25, 0.3) is 0 Å². The lowest BCUT2D eigenvalue weighted by molar-refractivity contribution is 0.559. The Hall–Kier alpha value is -2.13. The van der Waals surface area contributed by atoms with Crippen molar-refractivity contribution >= 4 is 10.9 Å². The maximum absolute atomic E-state index is 6.21. The molecule has 0 saturated carbocycles. The smallest absolute Gasteiger partial charge is 0.125 e. The van der Waals surface area contributed by atoms with Crippen LogP contribution in [0.1, 0.15) is 11.7 Å². The van der Waals surface area contributed by atoms with Crippen LogP contribution in [0.3, 0.4) is 0 Å². The molecule has 0 aliphatic carbocycles. The summed E-state index contributed by atoms with van der Waals surface area (Å²) < 4.78 is 1.80. The first-order chi connectivity index (χ1) is 8.36. The third-order valence-electron chi connectivity index (χ3n) is 2.83. The molecule has 0 aliphatic rings. The highest BCUT2D eigenvalue weighted by Gasteiger charge is 2.11. The summed E-state index contributed by atoms with van der Waals surface area (Å²) >= 11 is 0. The Morgan fingerprint density at radius 2 is 1.71 bits per heavy atom. The van der Waals surface area contributed by atoms with E-state index in [4.69, 9.17) is 5.73 Å². The van der Waals surface area contributed by atoms with Gasteiger partial charge in [0, 0.05) is 5.39 Å². The molecule has 1 radical (unpaired) electrons. The molecule has 1 atom stereocenters. The van der Waals surface area contributed by atoms with Crippen LogP contribution in [0.15, 0.2) is 54.6 Å². The van der Waals surface area contributed by atoms with Crippen LogP contribution in [0.4, 0.5) is 0 Å². The summed E-state index contributed by atoms with van der Waals surface area (Å²) in [7, 11) is 0. The normalized spacial score (nSPS) is 12.8. The first-order valence-electron chi connectivity index (χ1n) is 5.52. The minimum atomic E-state index is -0.271. The second-order valence-corrected chi connectivity index (χ2v) is 3.93. The number of nitrogens with zero attached hydrogens (tertiary/aromatic N) is 2. The van der Waals surface area contributed by atoms with Crippen LogP contribution in [0, 0.1) is 6.20 Å². The van der Waals surface area contributed by atoms with Gasteiger partial charge in [0.1, 0.15) is 12.4 Å². The van der Waals surface area contributed by atoms with E-state index in [9.17, 15) is 0 Å². The number of benzene rings is 2. The molecule has 2 aromatic carbocycles. The molecule has 1 heterocycles. The molecule has 3 aromatic rings. The number of hydrogen-bond acceptors (Lipinski definition) is 2. The summed E-state index contributed by atoms with van der Waals surface area (Å²) in [5, 5.41) is 5.22. The molecular weight excluding hydrogens is 210 g/mol. The second-order valence-electron chi connectivity index (χ2n) is 3.93. The largest absolute Gasteiger partial charge is 0.306 e. The molecule has 0 aliphatic heterocycles. The van der Waals surface area contributed by atoms with Crippen LogP contribution in [0.25, 0.3) is 10.9 Å². The predicted molar refractivity (Wildman–Crippen MR) is 67.3 cm³/mol. The molecule has 0 spiro atoms. The van der Waals surface area contributed by atoms with Crippen molar-refractivity contribution < 1.29 is 0 Å². The molecule has 0 saturated heterocycles. The lowest BCUT2D eigenvalue weighted by Gasteiger charge is -2.13. The van der Waals surface area contributed by atoms with E-state index < -0.39 is 0 Å². The summed E-state index contributed by atoms with van der Waals surface area (Å²) in [5.74, 6) is 0. The molecule has 0 amide bonds. The van der Waals surface area contributed by atoms with E-state index in [1.807, 2.05) is 54.6 Å². The molecule has 0 bridgehead atoms. The molecule has 1 unspecified atom stereocenters. The lowest BCUT2D eigenvalue weighted by atomic mass is 10.2. The second kappa shape index (κ2) is 4.03. The zero-order chi connectivity index (χ0) is 11.7. The van der Waals surface area contributed by atoms with Gasteiger partial charge >= 0.3 is 0 Å². The fourth-order valence-corrected chi connectivity index (χ4v) is 1.93. The van der Waals surface area contributed by atoms with Gasteiger partial charge in [0.05, 0.1) is 5.52 Å². The van der Waals surface area contributed by atoms with Gasteiger partial charge in [-0.15, -0.1) is 0 Å². The van der Waals surface area contributed by atoms with E-state index in [2.05, 4.69) is 11.3 Å². The van der Waals surface area contributed by atoms with Gasteiger partial charge in [-0.2, -0.15) is 5.10 Å². The van der Waals surface area contributed by atoms with Crippen molar-refractivity contribution in [2.45, 2.75) is 6.17 Å². The number of para-hydroxylation sites is 1. The van der Waals surface area contributed by atoms with Crippen molar-refractivity contribution in [2.75, 3.05) is 0 Å². The minimum Gasteiger partial charge on any atom is -0.306 e. The average Bonchev–Trinajstić information content (AvgIpc) is 2.83. The molecule has 3 heteroatoms. The first kappa shape index (κ1) is 10.1. The lowest BCUT2D eigenvalue weighted by Crippen LogP contribution is -2.20. The van der Waals surface area contributed by atoms with Gasteiger partial charge in [-0.3, -0.25) is 0 Å². The number of nitrogens with two attached hydrogens (primary N) is 1. The van der Waals surface area contributed by atoms with Crippen molar-refractivity contribution in [3.8, 4) is 0 Å². The predicted octanol–water partition coefficient (Wildman–Crippen LogP) is 2.34. The van der Waals surface area contributed by atoms with Gasteiger partial charge in [-0.05, 0) is 11.6 Å². The van der Waals surface area contributed by atoms with E-state index >= 15 is 0 Å². The zero-order valence-electron chi connectivity index (χ0n) is 9.25. The molecule has 3 rings (SSSR count). The van der Waals surface area contributed by atoms with Crippen LogP contribution < -0.4 is 5.73 Å². The molecule has 0 fully saturated rings. The van der Waals surface area contributed by atoms with Gasteiger partial charge in [-0.25, -0.2) is 4.68 Å². The molecule has 3 nitrogen and oxygen atoms in total. The SMILES string of the molecule is NC(c1ccccc1)n1n[c]c2ccccc21. The molecule has 83 valence electrons. The Labute approximate surface area is 99.5 Å². The minimum absolute atomic E-state index is 0.271. The summed E-state index contributed by atoms with van der Waals surface area (Å²) in [4.78, 5) is 0. The van der Waals surface area contributed by atoms with Crippen LogP contribution >= 0.6 is 0 Å². The first-order valence-corrected chi connectivity index (χ1v) is 5.52. The topological polar surface area (TPSA) is 43.8 Å². The summed E-state index contributed by atoms with van der Waals surface area (Å²) in [6, 6.07) is 17.9. The fourth-order valence-electron chi connectivity index (χ4n) is 1.93. The fraction of sp³-hybridized carbons (Fsp3) is 0.0714. The summed E-state index contributed by atoms with van der Waals surface area (Å²) in [6.07, 6.45) is 2.70. The Balaban J connectivity index is 2.10. The van der Waals surface area contributed by atoms with Crippen molar-refractivity contribution in [1.82, 2.24) is 9.78 Å². The third-order valence-corrected chi connectivity index (χ3v) is 2.83. The van der Waals surface area contributed by atoms with Crippen LogP contribution in [-0.4, -0.2) is 9.78 Å². The van der Waals surface area contributed by atoms with Crippen LogP contribution in [-0.2, 0) is 0 Å². The summed E-state index contributed by atoms with van der Waals surface area (Å²) in [5.41, 5.74) is 8.25.